The maximum Gasteiger partial charge on any atom is 0.241 e. The van der Waals surface area contributed by atoms with Crippen LogP contribution >= 0.6 is 0 Å². The first-order valence-corrected chi connectivity index (χ1v) is 12.7. The summed E-state index contributed by atoms with van der Waals surface area (Å²) in [5.41, 5.74) is 3.55. The van der Waals surface area contributed by atoms with Gasteiger partial charge in [0.05, 0.1) is 39.0 Å². The molecule has 10 heteroatoms. The molecule has 3 heterocycles. The van der Waals surface area contributed by atoms with Crippen molar-refractivity contribution in [2.24, 2.45) is 0 Å². The molecule has 0 radical (unpaired) electrons. The van der Waals surface area contributed by atoms with Gasteiger partial charge in [0.2, 0.25) is 5.95 Å². The van der Waals surface area contributed by atoms with Gasteiger partial charge in [0.1, 0.15) is 0 Å². The summed E-state index contributed by atoms with van der Waals surface area (Å²) >= 11 is 0. The molecule has 2 atom stereocenters. The van der Waals surface area contributed by atoms with E-state index in [-0.39, 0.29) is 18.1 Å². The lowest BCUT2D eigenvalue weighted by Crippen LogP contribution is -2.23. The average molecular weight is 459 g/mol. The molecule has 172 valence electrons. The highest BCUT2D eigenvalue weighted by Crippen LogP contribution is 2.37. The Bertz CT molecular complexity index is 1200. The van der Waals surface area contributed by atoms with Gasteiger partial charge in [-0.1, -0.05) is 0 Å². The second kappa shape index (κ2) is 9.13. The second-order valence-electron chi connectivity index (χ2n) is 8.62. The summed E-state index contributed by atoms with van der Waals surface area (Å²) in [6.07, 6.45) is 9.43. The number of hydrogen-bond acceptors (Lipinski definition) is 8. The number of methoxy groups -OCH3 is 1. The van der Waals surface area contributed by atoms with E-state index in [9.17, 15) is 9.32 Å². The van der Waals surface area contributed by atoms with Gasteiger partial charge >= 0.3 is 0 Å². The number of rotatable bonds is 7. The van der Waals surface area contributed by atoms with Crippen molar-refractivity contribution in [3.05, 3.63) is 36.4 Å². The van der Waals surface area contributed by atoms with Crippen LogP contribution in [0.25, 0.3) is 16.6 Å². The van der Waals surface area contributed by atoms with Crippen LogP contribution in [0.4, 0.5) is 5.95 Å². The van der Waals surface area contributed by atoms with Crippen LogP contribution in [0, 0.1) is 4.78 Å². The molecular weight excluding hydrogens is 428 g/mol. The van der Waals surface area contributed by atoms with Crippen molar-refractivity contribution in [3.63, 3.8) is 0 Å². The summed E-state index contributed by atoms with van der Waals surface area (Å²) in [4.78, 5) is 9.13. The van der Waals surface area contributed by atoms with E-state index in [2.05, 4.69) is 21.4 Å². The largest absolute Gasteiger partial charge is 0.393 e. The van der Waals surface area contributed by atoms with Crippen molar-refractivity contribution < 1.29 is 14.1 Å². The minimum absolute atomic E-state index is 0.0522. The summed E-state index contributed by atoms with van der Waals surface area (Å²) in [5.74, 6) is 0.775. The molecule has 32 heavy (non-hydrogen) atoms. The molecule has 4 rings (SSSR count). The third-order valence-electron chi connectivity index (χ3n) is 5.93. The number of aromatic nitrogens is 4. The number of anilines is 1. The summed E-state index contributed by atoms with van der Waals surface area (Å²) < 4.78 is 27.3. The summed E-state index contributed by atoms with van der Waals surface area (Å²) in [6, 6.07) is 3.91. The Morgan fingerprint density at radius 2 is 2.03 bits per heavy atom. The number of nitrogens with zero attached hydrogens (tertiary/aromatic N) is 4. The first-order valence-electron chi connectivity index (χ1n) is 10.8. The van der Waals surface area contributed by atoms with E-state index < -0.39 is 9.73 Å². The van der Waals surface area contributed by atoms with Crippen LogP contribution in [0.5, 0.6) is 0 Å². The zero-order valence-electron chi connectivity index (χ0n) is 18.6. The van der Waals surface area contributed by atoms with Crippen LogP contribution in [0.2, 0.25) is 0 Å². The quantitative estimate of drug-likeness (QED) is 0.496. The zero-order valence-corrected chi connectivity index (χ0v) is 19.4. The van der Waals surface area contributed by atoms with Crippen molar-refractivity contribution in [2.75, 3.05) is 25.3 Å². The van der Waals surface area contributed by atoms with Crippen LogP contribution in [0.3, 0.4) is 0 Å². The number of aliphatic hydroxyl groups is 1. The van der Waals surface area contributed by atoms with Crippen LogP contribution in [-0.2, 0) is 14.5 Å². The van der Waals surface area contributed by atoms with E-state index in [1.165, 1.54) is 12.5 Å². The maximum absolute atomic E-state index is 12.3. The van der Waals surface area contributed by atoms with Crippen molar-refractivity contribution in [3.8, 4) is 11.1 Å². The van der Waals surface area contributed by atoms with E-state index >= 15 is 0 Å². The third kappa shape index (κ3) is 4.77. The van der Waals surface area contributed by atoms with E-state index in [0.717, 1.165) is 48.0 Å². The Labute approximate surface area is 188 Å². The highest BCUT2D eigenvalue weighted by atomic mass is 32.2. The van der Waals surface area contributed by atoms with Crippen molar-refractivity contribution in [1.29, 1.82) is 4.78 Å². The third-order valence-corrected chi connectivity index (χ3v) is 7.05. The topological polar surface area (TPSA) is 125 Å². The maximum atomic E-state index is 12.3. The van der Waals surface area contributed by atoms with Gasteiger partial charge in [0.15, 0.2) is 0 Å². The SMILES string of the molecule is COC[C@H](C)Nc1ncc2c(-c3cncc(S(C)(=N)=O)c3)cc([C@H]3CC[C@H](O)CC3)n2n1. The van der Waals surface area contributed by atoms with Crippen LogP contribution in [0.15, 0.2) is 35.6 Å². The summed E-state index contributed by atoms with van der Waals surface area (Å²) in [7, 11) is -1.23. The zero-order chi connectivity index (χ0) is 22.9. The minimum atomic E-state index is -2.88. The fourth-order valence-electron chi connectivity index (χ4n) is 4.27. The van der Waals surface area contributed by atoms with Gasteiger partial charge < -0.3 is 15.2 Å². The molecule has 1 fully saturated rings. The monoisotopic (exact) mass is 458 g/mol. The second-order valence-corrected chi connectivity index (χ2v) is 10.8. The number of ether oxygens (including phenoxy) is 1. The van der Waals surface area contributed by atoms with Crippen LogP contribution < -0.4 is 5.32 Å². The fraction of sp³-hybridized carbons (Fsp3) is 0.500. The molecule has 3 aromatic rings. The van der Waals surface area contributed by atoms with E-state index in [4.69, 9.17) is 14.6 Å². The average Bonchev–Trinajstić information content (AvgIpc) is 3.13. The molecular formula is C22H30N6O3S. The van der Waals surface area contributed by atoms with Gasteiger partial charge in [-0.15, -0.1) is 5.10 Å². The van der Waals surface area contributed by atoms with Gasteiger partial charge in [-0.25, -0.2) is 18.5 Å². The number of hydrogen-bond donors (Lipinski definition) is 3. The van der Waals surface area contributed by atoms with Crippen molar-refractivity contribution in [1.82, 2.24) is 19.6 Å². The highest BCUT2D eigenvalue weighted by Gasteiger charge is 2.26. The van der Waals surface area contributed by atoms with E-state index in [1.54, 1.807) is 25.6 Å². The first-order chi connectivity index (χ1) is 15.3. The Hall–Kier alpha value is -2.56. The lowest BCUT2D eigenvalue weighted by Gasteiger charge is -2.25. The Morgan fingerprint density at radius 3 is 2.72 bits per heavy atom. The van der Waals surface area contributed by atoms with Gasteiger partial charge in [0, 0.05) is 54.5 Å². The van der Waals surface area contributed by atoms with Gasteiger partial charge in [-0.3, -0.25) is 4.98 Å². The molecule has 0 bridgehead atoms. The molecule has 0 aromatic carbocycles. The Balaban J connectivity index is 1.81. The molecule has 0 saturated heterocycles. The number of pyridine rings is 1. The molecule has 3 aromatic heterocycles. The fourth-order valence-corrected chi connectivity index (χ4v) is 4.88. The number of nitrogens with one attached hydrogen (secondary N) is 2. The normalized spacial score (nSPS) is 21.9. The minimum Gasteiger partial charge on any atom is -0.393 e. The Morgan fingerprint density at radius 1 is 1.28 bits per heavy atom. The standard InChI is InChI=1S/C22H30N6O3S/c1-14(13-31-2)26-22-25-12-21-19(16-8-18(11-24-10-16)32(3,23)30)9-20(28(21)27-22)15-4-6-17(29)7-5-15/h8-12,14-15,17,23,29H,4-7,13H2,1-3H3,(H,26,27)/t14-,15-,17-,32?/m0/s1. The van der Waals surface area contributed by atoms with Gasteiger partial charge in [-0.05, 0) is 44.7 Å². The van der Waals surface area contributed by atoms with Crippen molar-refractivity contribution in [2.45, 2.75) is 55.6 Å². The number of fused-ring (bicyclic) bond motifs is 1. The predicted octanol–water partition coefficient (Wildman–Crippen LogP) is 3.29. The molecule has 0 spiro atoms. The van der Waals surface area contributed by atoms with Gasteiger partial charge in [-0.2, -0.15) is 0 Å². The molecule has 1 unspecified atom stereocenters. The Kier molecular flexibility index (Phi) is 6.45. The molecule has 3 N–H and O–H groups in total. The molecule has 0 aliphatic heterocycles. The van der Waals surface area contributed by atoms with E-state index in [0.29, 0.717) is 17.5 Å². The lowest BCUT2D eigenvalue weighted by atomic mass is 9.85. The van der Waals surface area contributed by atoms with Crippen LogP contribution in [0.1, 0.15) is 44.2 Å². The molecule has 1 aliphatic carbocycles. The lowest BCUT2D eigenvalue weighted by molar-refractivity contribution is 0.121. The number of aliphatic hydroxyl groups excluding tert-OH is 1. The first kappa shape index (κ1) is 22.6. The van der Waals surface area contributed by atoms with E-state index in [1.807, 2.05) is 11.4 Å². The highest BCUT2D eigenvalue weighted by molar-refractivity contribution is 7.91. The van der Waals surface area contributed by atoms with Crippen LogP contribution in [-0.4, -0.2) is 61.0 Å². The smallest absolute Gasteiger partial charge is 0.241 e. The summed E-state index contributed by atoms with van der Waals surface area (Å²) in [6.45, 7) is 2.54. The molecule has 0 amide bonds. The predicted molar refractivity (Wildman–Crippen MR) is 123 cm³/mol. The molecule has 9 nitrogen and oxygen atoms in total. The summed E-state index contributed by atoms with van der Waals surface area (Å²) in [5, 5.41) is 18.0. The van der Waals surface area contributed by atoms with Crippen molar-refractivity contribution >= 4 is 21.2 Å². The molecule has 1 aliphatic rings. The van der Waals surface area contributed by atoms with Gasteiger partial charge in [0.25, 0.3) is 0 Å². The molecule has 1 saturated carbocycles.